The van der Waals surface area contributed by atoms with Crippen molar-refractivity contribution in [3.8, 4) is 6.07 Å². The van der Waals surface area contributed by atoms with E-state index in [1.807, 2.05) is 26.1 Å². The molecule has 0 aliphatic carbocycles. The fourth-order valence-electron chi connectivity index (χ4n) is 2.87. The highest BCUT2D eigenvalue weighted by Crippen LogP contribution is 2.25. The molecule has 19 heavy (non-hydrogen) atoms. The van der Waals surface area contributed by atoms with Crippen LogP contribution >= 0.6 is 0 Å². The maximum Gasteiger partial charge on any atom is 0.141 e. The van der Waals surface area contributed by atoms with E-state index in [9.17, 15) is 5.26 Å². The van der Waals surface area contributed by atoms with E-state index in [1.54, 1.807) is 0 Å². The summed E-state index contributed by atoms with van der Waals surface area (Å²) in [6, 6.07) is 4.30. The first-order chi connectivity index (χ1) is 9.19. The SMILES string of the molecule is Cc1cc(C)c2c(C#N)cn(CC3CCCO3)c2n1. The second kappa shape index (κ2) is 4.67. The van der Waals surface area contributed by atoms with E-state index < -0.39 is 0 Å². The van der Waals surface area contributed by atoms with Crippen LogP contribution in [0.1, 0.15) is 29.7 Å². The van der Waals surface area contributed by atoms with Crippen molar-refractivity contribution in [2.45, 2.75) is 39.3 Å². The molecule has 1 aliphatic rings. The van der Waals surface area contributed by atoms with Gasteiger partial charge in [0.25, 0.3) is 0 Å². The van der Waals surface area contributed by atoms with Gasteiger partial charge in [0.2, 0.25) is 0 Å². The molecule has 1 saturated heterocycles. The van der Waals surface area contributed by atoms with Crippen LogP contribution in [0.2, 0.25) is 0 Å². The van der Waals surface area contributed by atoms with Gasteiger partial charge in [-0.05, 0) is 38.3 Å². The number of nitrogens with zero attached hydrogens (tertiary/aromatic N) is 3. The summed E-state index contributed by atoms with van der Waals surface area (Å²) in [6.07, 6.45) is 4.38. The molecule has 2 aromatic heterocycles. The first-order valence-corrected chi connectivity index (χ1v) is 6.68. The third-order valence-corrected chi connectivity index (χ3v) is 3.70. The van der Waals surface area contributed by atoms with Gasteiger partial charge in [0.05, 0.1) is 18.2 Å². The molecule has 0 spiro atoms. The lowest BCUT2D eigenvalue weighted by Crippen LogP contribution is -2.14. The number of aromatic nitrogens is 2. The van der Waals surface area contributed by atoms with Crippen LogP contribution in [0.25, 0.3) is 11.0 Å². The van der Waals surface area contributed by atoms with Crippen molar-refractivity contribution >= 4 is 11.0 Å². The quantitative estimate of drug-likeness (QED) is 0.829. The predicted molar refractivity (Wildman–Crippen MR) is 72.9 cm³/mol. The van der Waals surface area contributed by atoms with E-state index in [-0.39, 0.29) is 6.10 Å². The van der Waals surface area contributed by atoms with Gasteiger partial charge >= 0.3 is 0 Å². The van der Waals surface area contributed by atoms with Gasteiger partial charge in [-0.2, -0.15) is 5.26 Å². The van der Waals surface area contributed by atoms with Crippen LogP contribution in [0.4, 0.5) is 0 Å². The fourth-order valence-corrected chi connectivity index (χ4v) is 2.87. The lowest BCUT2D eigenvalue weighted by molar-refractivity contribution is 0.0979. The normalized spacial score (nSPS) is 18.9. The molecule has 1 unspecified atom stereocenters. The number of nitriles is 1. The van der Waals surface area contributed by atoms with E-state index in [2.05, 4.69) is 15.6 Å². The van der Waals surface area contributed by atoms with Gasteiger partial charge in [0, 0.05) is 23.9 Å². The van der Waals surface area contributed by atoms with Crippen molar-refractivity contribution in [3.05, 3.63) is 29.1 Å². The molecular weight excluding hydrogens is 238 g/mol. The van der Waals surface area contributed by atoms with Crippen molar-refractivity contribution in [2.24, 2.45) is 0 Å². The standard InChI is InChI=1S/C15H17N3O/c1-10-6-11(2)17-15-14(10)12(7-16)8-18(15)9-13-4-3-5-19-13/h6,8,13H,3-5,9H2,1-2H3. The Morgan fingerprint density at radius 2 is 2.37 bits per heavy atom. The van der Waals surface area contributed by atoms with Crippen LogP contribution < -0.4 is 0 Å². The summed E-state index contributed by atoms with van der Waals surface area (Å²) >= 11 is 0. The van der Waals surface area contributed by atoms with Crippen molar-refractivity contribution in [2.75, 3.05) is 6.61 Å². The van der Waals surface area contributed by atoms with Gasteiger partial charge < -0.3 is 9.30 Å². The molecule has 0 bridgehead atoms. The average Bonchev–Trinajstić information content (AvgIpc) is 2.98. The third kappa shape index (κ3) is 2.11. The van der Waals surface area contributed by atoms with Crippen LogP contribution in [0, 0.1) is 25.2 Å². The summed E-state index contributed by atoms with van der Waals surface area (Å²) in [5.41, 5.74) is 3.72. The van der Waals surface area contributed by atoms with E-state index in [0.29, 0.717) is 5.56 Å². The van der Waals surface area contributed by atoms with E-state index >= 15 is 0 Å². The number of ether oxygens (including phenoxy) is 1. The van der Waals surface area contributed by atoms with Gasteiger partial charge in [0.1, 0.15) is 11.7 Å². The number of hydrogen-bond donors (Lipinski definition) is 0. The second-order valence-corrected chi connectivity index (χ2v) is 5.22. The minimum Gasteiger partial charge on any atom is -0.376 e. The molecule has 0 saturated carbocycles. The zero-order chi connectivity index (χ0) is 13.4. The molecule has 0 radical (unpaired) electrons. The van der Waals surface area contributed by atoms with Gasteiger partial charge in [-0.3, -0.25) is 0 Å². The van der Waals surface area contributed by atoms with Crippen molar-refractivity contribution in [1.29, 1.82) is 5.26 Å². The molecule has 1 aliphatic heterocycles. The molecule has 0 amide bonds. The second-order valence-electron chi connectivity index (χ2n) is 5.22. The summed E-state index contributed by atoms with van der Waals surface area (Å²) in [5, 5.41) is 10.3. The lowest BCUT2D eigenvalue weighted by Gasteiger charge is -2.11. The van der Waals surface area contributed by atoms with Crippen LogP contribution in [0.15, 0.2) is 12.3 Å². The minimum atomic E-state index is 0.254. The molecule has 4 nitrogen and oxygen atoms in total. The summed E-state index contributed by atoms with van der Waals surface area (Å²) in [4.78, 5) is 4.60. The third-order valence-electron chi connectivity index (χ3n) is 3.70. The van der Waals surface area contributed by atoms with Crippen LogP contribution in [-0.2, 0) is 11.3 Å². The van der Waals surface area contributed by atoms with E-state index in [4.69, 9.17) is 4.74 Å². The van der Waals surface area contributed by atoms with Crippen LogP contribution in [-0.4, -0.2) is 22.3 Å². The summed E-state index contributed by atoms with van der Waals surface area (Å²) in [6.45, 7) is 5.66. The number of pyridine rings is 1. The first kappa shape index (κ1) is 12.2. The molecule has 2 aromatic rings. The molecule has 1 fully saturated rings. The van der Waals surface area contributed by atoms with Crippen molar-refractivity contribution < 1.29 is 4.74 Å². The van der Waals surface area contributed by atoms with Gasteiger partial charge in [-0.15, -0.1) is 0 Å². The molecular formula is C15H17N3O. The maximum absolute atomic E-state index is 9.28. The van der Waals surface area contributed by atoms with E-state index in [1.165, 1.54) is 0 Å². The topological polar surface area (TPSA) is 50.8 Å². The number of fused-ring (bicyclic) bond motifs is 1. The van der Waals surface area contributed by atoms with Gasteiger partial charge in [-0.25, -0.2) is 4.98 Å². The molecule has 98 valence electrons. The molecule has 4 heteroatoms. The highest BCUT2D eigenvalue weighted by atomic mass is 16.5. The van der Waals surface area contributed by atoms with Crippen LogP contribution in [0.3, 0.4) is 0 Å². The van der Waals surface area contributed by atoms with Crippen LogP contribution in [0.5, 0.6) is 0 Å². The van der Waals surface area contributed by atoms with Crippen molar-refractivity contribution in [1.82, 2.24) is 9.55 Å². The number of hydrogen-bond acceptors (Lipinski definition) is 3. The Balaban J connectivity index is 2.11. The summed E-state index contributed by atoms with van der Waals surface area (Å²) in [7, 11) is 0. The minimum absolute atomic E-state index is 0.254. The molecule has 3 heterocycles. The molecule has 3 rings (SSSR count). The predicted octanol–water partition coefficient (Wildman–Crippen LogP) is 2.70. The highest BCUT2D eigenvalue weighted by Gasteiger charge is 2.19. The Bertz CT molecular complexity index is 660. The Morgan fingerprint density at radius 1 is 1.53 bits per heavy atom. The summed E-state index contributed by atoms with van der Waals surface area (Å²) < 4.78 is 7.75. The smallest absolute Gasteiger partial charge is 0.141 e. The zero-order valence-electron chi connectivity index (χ0n) is 11.3. The molecule has 1 atom stereocenters. The Kier molecular flexibility index (Phi) is 3.00. The Morgan fingerprint density at radius 3 is 3.05 bits per heavy atom. The molecule has 0 aromatic carbocycles. The lowest BCUT2D eigenvalue weighted by atomic mass is 10.1. The first-order valence-electron chi connectivity index (χ1n) is 6.68. The largest absolute Gasteiger partial charge is 0.376 e. The van der Waals surface area contributed by atoms with Gasteiger partial charge in [-0.1, -0.05) is 0 Å². The zero-order valence-corrected chi connectivity index (χ0v) is 11.3. The number of rotatable bonds is 2. The monoisotopic (exact) mass is 255 g/mol. The maximum atomic E-state index is 9.28. The Labute approximate surface area is 112 Å². The Hall–Kier alpha value is -1.86. The van der Waals surface area contributed by atoms with Gasteiger partial charge in [0.15, 0.2) is 0 Å². The fraction of sp³-hybridized carbons (Fsp3) is 0.467. The van der Waals surface area contributed by atoms with Crippen molar-refractivity contribution in [3.63, 3.8) is 0 Å². The highest BCUT2D eigenvalue weighted by molar-refractivity contribution is 5.86. The molecule has 0 N–H and O–H groups in total. The summed E-state index contributed by atoms with van der Waals surface area (Å²) in [5.74, 6) is 0. The van der Waals surface area contributed by atoms with E-state index in [0.717, 1.165) is 48.3 Å². The average molecular weight is 255 g/mol. The number of aryl methyl sites for hydroxylation is 2.